The molecule has 15 heteroatoms. The van der Waals surface area contributed by atoms with E-state index >= 15 is 8.78 Å². The highest BCUT2D eigenvalue weighted by Crippen LogP contribution is 2.45. The molecule has 4 aliphatic heterocycles. The molecule has 2 aromatic heterocycles. The van der Waals surface area contributed by atoms with Crippen molar-refractivity contribution in [3.05, 3.63) is 59.3 Å². The second-order valence-corrected chi connectivity index (χ2v) is 25.5. The Morgan fingerprint density at radius 3 is 2.33 bits per heavy atom. The average molecular weight is 887 g/mol. The number of nitrogens with zero attached hydrogens (tertiary/aromatic N) is 6. The molecule has 1 amide bonds. The minimum Gasteiger partial charge on any atom is -0.508 e. The fraction of sp³-hybridized carbons (Fsp3) is 0.542. The Kier molecular flexibility index (Phi) is 11.7. The van der Waals surface area contributed by atoms with Crippen LogP contribution < -0.4 is 9.64 Å². The van der Waals surface area contributed by atoms with Crippen LogP contribution in [0.2, 0.25) is 16.6 Å². The first-order chi connectivity index (χ1) is 29.7. The molecule has 0 aliphatic carbocycles. The van der Waals surface area contributed by atoms with Crippen LogP contribution in [0.4, 0.5) is 28.2 Å². The first kappa shape index (κ1) is 44.7. The zero-order valence-electron chi connectivity index (χ0n) is 37.7. The van der Waals surface area contributed by atoms with E-state index in [9.17, 15) is 18.7 Å². The molecule has 2 bridgehead atoms. The molecule has 0 spiro atoms. The minimum atomic E-state index is -2.34. The molecule has 4 aromatic rings. The number of carbonyl (C=O) groups is 1. The van der Waals surface area contributed by atoms with Gasteiger partial charge >= 0.3 is 12.1 Å². The Bertz CT molecular complexity index is 2530. The van der Waals surface area contributed by atoms with Gasteiger partial charge in [-0.25, -0.2) is 13.6 Å². The van der Waals surface area contributed by atoms with Crippen LogP contribution >= 0.6 is 0 Å². The minimum absolute atomic E-state index is 0.0123. The first-order valence-corrected chi connectivity index (χ1v) is 24.5. The highest BCUT2D eigenvalue weighted by molar-refractivity contribution is 6.90. The van der Waals surface area contributed by atoms with E-state index in [1.165, 1.54) is 30.5 Å². The van der Waals surface area contributed by atoms with Crippen molar-refractivity contribution in [1.82, 2.24) is 24.8 Å². The fourth-order valence-corrected chi connectivity index (χ4v) is 16.4. The lowest BCUT2D eigenvalue weighted by molar-refractivity contribution is 0.0122. The predicted octanol–water partition coefficient (Wildman–Crippen LogP) is 10.8. The summed E-state index contributed by atoms with van der Waals surface area (Å²) in [5, 5.41) is 12.1. The van der Waals surface area contributed by atoms with Crippen molar-refractivity contribution in [2.45, 2.75) is 134 Å². The van der Waals surface area contributed by atoms with Crippen molar-refractivity contribution in [3.8, 4) is 34.5 Å². The third-order valence-corrected chi connectivity index (χ3v) is 20.3. The molecule has 2 aromatic carbocycles. The predicted molar refractivity (Wildman–Crippen MR) is 240 cm³/mol. The molecular weight excluding hydrogens is 829 g/mol. The maximum Gasteiger partial charge on any atom is 0.410 e. The van der Waals surface area contributed by atoms with Gasteiger partial charge in [0.05, 0.1) is 28.6 Å². The number of amides is 1. The average Bonchev–Trinajstić information content (AvgIpc) is 3.85. The van der Waals surface area contributed by atoms with E-state index in [1.54, 1.807) is 4.90 Å². The second kappa shape index (κ2) is 16.6. The fourth-order valence-electron chi connectivity index (χ4n) is 11.2. The Hall–Kier alpha value is -4.94. The van der Waals surface area contributed by atoms with Gasteiger partial charge in [-0.2, -0.15) is 18.7 Å². The molecule has 4 aliphatic rings. The summed E-state index contributed by atoms with van der Waals surface area (Å²) in [4.78, 5) is 33.4. The lowest BCUT2D eigenvalue weighted by atomic mass is 9.94. The van der Waals surface area contributed by atoms with Gasteiger partial charge in [-0.3, -0.25) is 14.8 Å². The van der Waals surface area contributed by atoms with Crippen molar-refractivity contribution in [3.63, 3.8) is 0 Å². The molecule has 3 unspecified atom stereocenters. The van der Waals surface area contributed by atoms with E-state index in [-0.39, 0.29) is 99.4 Å². The van der Waals surface area contributed by atoms with Crippen LogP contribution in [0.15, 0.2) is 42.1 Å². The van der Waals surface area contributed by atoms with Gasteiger partial charge in [0.15, 0.2) is 5.82 Å². The van der Waals surface area contributed by atoms with Crippen LogP contribution in [-0.2, 0) is 4.74 Å². The molecule has 6 heterocycles. The zero-order valence-corrected chi connectivity index (χ0v) is 38.7. The number of phenols is 1. The van der Waals surface area contributed by atoms with E-state index in [0.29, 0.717) is 42.6 Å². The second-order valence-electron chi connectivity index (χ2n) is 19.9. The van der Waals surface area contributed by atoms with Crippen molar-refractivity contribution < 1.29 is 36.9 Å². The molecule has 336 valence electrons. The van der Waals surface area contributed by atoms with E-state index in [1.807, 2.05) is 30.6 Å². The number of aromatic hydroxyl groups is 1. The summed E-state index contributed by atoms with van der Waals surface area (Å²) in [5.41, 5.74) is 3.13. The quantitative estimate of drug-likeness (QED) is 0.105. The summed E-state index contributed by atoms with van der Waals surface area (Å²) < 4.78 is 73.7. The number of hydrogen-bond acceptors (Lipinski definition) is 9. The summed E-state index contributed by atoms with van der Waals surface area (Å²) in [5.74, 6) is 2.04. The van der Waals surface area contributed by atoms with Crippen molar-refractivity contribution >= 4 is 41.7 Å². The standard InChI is InChI=1S/C48H58F4N6O4Si/c1-27(2)63(28(3)4,29(5)6)18-15-35-38(49)14-11-30-19-34(59)20-36(39(30)35)41-40(50)42-37(22-53-41)44(56-24-32-12-13-33(25-56)58(32)46(60)62-47(7,8)9)55-45(54-42)61-26-48-16-10-17-57(48)23-31(21-48)43(51)52/h11,14,19-20,22,27-29,32-33,59H,10,12-13,16-17,21,23-26H2,1-9H3. The number of pyridine rings is 1. The lowest BCUT2D eigenvalue weighted by Crippen LogP contribution is -2.57. The van der Waals surface area contributed by atoms with Gasteiger partial charge in [-0.15, -0.1) is 5.54 Å². The molecule has 63 heavy (non-hydrogen) atoms. The van der Waals surface area contributed by atoms with Gasteiger partial charge in [0.1, 0.15) is 48.9 Å². The summed E-state index contributed by atoms with van der Waals surface area (Å²) >= 11 is 0. The van der Waals surface area contributed by atoms with Gasteiger partial charge < -0.3 is 19.5 Å². The molecular formula is C48H58F4N6O4Si. The van der Waals surface area contributed by atoms with Crippen LogP contribution in [0.25, 0.3) is 32.9 Å². The van der Waals surface area contributed by atoms with Crippen molar-refractivity contribution in [1.29, 1.82) is 0 Å². The van der Waals surface area contributed by atoms with Crippen LogP contribution in [0.3, 0.4) is 0 Å². The Labute approximate surface area is 368 Å². The molecule has 8 rings (SSSR count). The number of anilines is 1. The molecule has 10 nitrogen and oxygen atoms in total. The maximum atomic E-state index is 17.7. The highest BCUT2D eigenvalue weighted by Gasteiger charge is 2.49. The van der Waals surface area contributed by atoms with Crippen LogP contribution in [0, 0.1) is 23.1 Å². The SMILES string of the molecule is CC(C)[Si](C#Cc1c(F)ccc2cc(O)cc(-c3ncc4c(N5CC6CCC(C5)N6C(=O)OC(C)(C)C)nc(OCC56CCCN5CC(=C(F)F)C6)nc4c3F)c12)(C(C)C)C(C)C. The highest BCUT2D eigenvalue weighted by atomic mass is 28.3. The van der Waals surface area contributed by atoms with Gasteiger partial charge in [-0.1, -0.05) is 53.5 Å². The largest absolute Gasteiger partial charge is 0.508 e. The summed E-state index contributed by atoms with van der Waals surface area (Å²) in [6.07, 6.45) is 2.52. The number of rotatable bonds is 8. The summed E-state index contributed by atoms with van der Waals surface area (Å²) in [6, 6.07) is 5.20. The molecule has 0 radical (unpaired) electrons. The van der Waals surface area contributed by atoms with Gasteiger partial charge in [0, 0.05) is 42.4 Å². The van der Waals surface area contributed by atoms with Crippen LogP contribution in [0.5, 0.6) is 11.8 Å². The van der Waals surface area contributed by atoms with Crippen LogP contribution in [-0.4, -0.2) is 100 Å². The number of aromatic nitrogens is 3. The monoisotopic (exact) mass is 886 g/mol. The zero-order chi connectivity index (χ0) is 45.3. The Morgan fingerprint density at radius 1 is 1.02 bits per heavy atom. The Balaban J connectivity index is 1.27. The van der Waals surface area contributed by atoms with Gasteiger partial charge in [-0.05, 0) is 99.6 Å². The Morgan fingerprint density at radius 2 is 1.70 bits per heavy atom. The van der Waals surface area contributed by atoms with Crippen LogP contribution in [0.1, 0.15) is 100.0 Å². The van der Waals surface area contributed by atoms with E-state index in [0.717, 1.165) is 19.3 Å². The number of halogens is 4. The number of carbonyl (C=O) groups excluding carboxylic acids is 1. The number of phenolic OH excluding ortho intramolecular Hbond substituents is 1. The third kappa shape index (κ3) is 8.00. The van der Waals surface area contributed by atoms with E-state index in [4.69, 9.17) is 14.5 Å². The molecule has 0 saturated carbocycles. The summed E-state index contributed by atoms with van der Waals surface area (Å²) in [7, 11) is -2.34. The van der Waals surface area contributed by atoms with Gasteiger partial charge in [0.25, 0.3) is 6.08 Å². The van der Waals surface area contributed by atoms with Gasteiger partial charge in [0.2, 0.25) is 0 Å². The number of ether oxygens (including phenoxy) is 2. The number of benzene rings is 2. The molecule has 4 fully saturated rings. The summed E-state index contributed by atoms with van der Waals surface area (Å²) in [6.45, 7) is 20.1. The first-order valence-electron chi connectivity index (χ1n) is 22.2. The van der Waals surface area contributed by atoms with Crippen molar-refractivity contribution in [2.24, 2.45) is 0 Å². The lowest BCUT2D eigenvalue weighted by Gasteiger charge is -2.42. The molecule has 4 saturated heterocycles. The molecule has 1 N–H and O–H groups in total. The normalized spacial score (nSPS) is 21.6. The van der Waals surface area contributed by atoms with Crippen molar-refractivity contribution in [2.75, 3.05) is 37.7 Å². The number of fused-ring (bicyclic) bond motifs is 5. The number of piperazine rings is 1. The smallest absolute Gasteiger partial charge is 0.410 e. The topological polar surface area (TPSA) is 104 Å². The maximum absolute atomic E-state index is 17.7. The number of hydrogen-bond donors (Lipinski definition) is 1. The third-order valence-electron chi connectivity index (χ3n) is 14.0. The van der Waals surface area contributed by atoms with E-state index in [2.05, 4.69) is 63.0 Å². The molecule has 3 atom stereocenters. The van der Waals surface area contributed by atoms with E-state index < -0.39 is 36.9 Å².